The summed E-state index contributed by atoms with van der Waals surface area (Å²) in [6.07, 6.45) is 1.39. The molecule has 152 valence electrons. The van der Waals surface area contributed by atoms with E-state index >= 15 is 0 Å². The molecule has 2 rings (SSSR count). The molecule has 28 heavy (non-hydrogen) atoms. The topological polar surface area (TPSA) is 76.5 Å². The van der Waals surface area contributed by atoms with Crippen LogP contribution >= 0.6 is 0 Å². The summed E-state index contributed by atoms with van der Waals surface area (Å²) in [6.45, 7) is 11.7. The van der Waals surface area contributed by atoms with E-state index in [4.69, 9.17) is 0 Å². The number of hydrogen-bond acceptors (Lipinski definition) is 4. The van der Waals surface area contributed by atoms with Gasteiger partial charge in [-0.1, -0.05) is 19.9 Å². The molecule has 0 bridgehead atoms. The van der Waals surface area contributed by atoms with E-state index in [1.54, 1.807) is 13.8 Å². The number of benzene rings is 1. The fraction of sp³-hybridized carbons (Fsp3) is 0.429. The average molecular weight is 405 g/mol. The first kappa shape index (κ1) is 22.0. The molecule has 0 radical (unpaired) electrons. The lowest BCUT2D eigenvalue weighted by Gasteiger charge is -2.20. The van der Waals surface area contributed by atoms with Crippen molar-refractivity contribution in [2.75, 3.05) is 13.1 Å². The van der Waals surface area contributed by atoms with Gasteiger partial charge in [-0.05, 0) is 56.0 Å². The van der Waals surface area contributed by atoms with E-state index in [-0.39, 0.29) is 22.8 Å². The molecule has 0 spiro atoms. The maximum atomic E-state index is 12.8. The van der Waals surface area contributed by atoms with Crippen LogP contribution in [0.3, 0.4) is 0 Å². The molecule has 1 aromatic heterocycles. The normalized spacial score (nSPS) is 11.8. The van der Waals surface area contributed by atoms with Gasteiger partial charge in [0.25, 0.3) is 5.56 Å². The first-order valence-corrected chi connectivity index (χ1v) is 10.8. The number of Topliss-reactive ketones (excluding diaryl/α,β-unsaturated/α-hetero) is 1. The number of carbonyl (C=O) groups excluding carboxylic acids is 1. The van der Waals surface area contributed by atoms with Crippen molar-refractivity contribution in [3.63, 3.8) is 0 Å². The van der Waals surface area contributed by atoms with E-state index in [2.05, 4.69) is 0 Å². The highest BCUT2D eigenvalue weighted by Gasteiger charge is 2.23. The Morgan fingerprint density at radius 1 is 1.07 bits per heavy atom. The first-order valence-electron chi connectivity index (χ1n) is 9.35. The number of pyridine rings is 1. The Morgan fingerprint density at radius 3 is 2.21 bits per heavy atom. The van der Waals surface area contributed by atoms with Gasteiger partial charge < -0.3 is 4.57 Å². The lowest BCUT2D eigenvalue weighted by atomic mass is 9.91. The minimum absolute atomic E-state index is 0.0264. The fourth-order valence-corrected chi connectivity index (χ4v) is 5.16. The number of ketones is 1. The smallest absolute Gasteiger partial charge is 0.250 e. The van der Waals surface area contributed by atoms with Crippen molar-refractivity contribution < 1.29 is 13.2 Å². The molecular weight excluding hydrogens is 376 g/mol. The highest BCUT2D eigenvalue weighted by molar-refractivity contribution is 7.89. The van der Waals surface area contributed by atoms with Crippen LogP contribution in [0.15, 0.2) is 34.1 Å². The molecule has 7 heteroatoms. The Morgan fingerprint density at radius 2 is 1.68 bits per heavy atom. The predicted octanol–water partition coefficient (Wildman–Crippen LogP) is 3.05. The van der Waals surface area contributed by atoms with Gasteiger partial charge in [-0.3, -0.25) is 9.59 Å². The van der Waals surface area contributed by atoms with Gasteiger partial charge in [-0.15, -0.1) is 0 Å². The molecule has 0 saturated heterocycles. The second-order valence-electron chi connectivity index (χ2n) is 6.97. The molecule has 0 N–H and O–H groups in total. The van der Waals surface area contributed by atoms with Gasteiger partial charge in [0.15, 0.2) is 5.78 Å². The van der Waals surface area contributed by atoms with Gasteiger partial charge in [0.1, 0.15) is 0 Å². The minimum Gasteiger partial charge on any atom is -0.310 e. The maximum absolute atomic E-state index is 12.8. The number of sulfonamides is 1. The zero-order valence-corrected chi connectivity index (χ0v) is 18.2. The molecule has 0 aliphatic heterocycles. The Hall–Kier alpha value is -2.25. The molecule has 0 aliphatic rings. The number of rotatable bonds is 7. The molecule has 0 saturated carbocycles. The fourth-order valence-electron chi connectivity index (χ4n) is 3.68. The van der Waals surface area contributed by atoms with E-state index in [1.807, 2.05) is 26.8 Å². The number of hydrogen-bond donors (Lipinski definition) is 0. The second-order valence-corrected chi connectivity index (χ2v) is 8.90. The standard InChI is InChI=1S/C21H28N2O4S/c1-7-23(8-2)28(26,27)18-9-10-20(25)22(12-18)13-19-14(3)11-15(4)21(16(19)5)17(6)24/h9-12H,7-8,13H2,1-6H3. The van der Waals surface area contributed by atoms with Crippen LogP contribution in [0.1, 0.15) is 53.4 Å². The van der Waals surface area contributed by atoms with Crippen LogP contribution in [0.4, 0.5) is 0 Å². The largest absolute Gasteiger partial charge is 0.310 e. The van der Waals surface area contributed by atoms with Gasteiger partial charge >= 0.3 is 0 Å². The van der Waals surface area contributed by atoms with Crippen LogP contribution < -0.4 is 5.56 Å². The van der Waals surface area contributed by atoms with Gasteiger partial charge in [0, 0.05) is 30.9 Å². The molecule has 0 amide bonds. The monoisotopic (exact) mass is 404 g/mol. The van der Waals surface area contributed by atoms with Crippen LogP contribution in [0.25, 0.3) is 0 Å². The summed E-state index contributed by atoms with van der Waals surface area (Å²) in [5, 5.41) is 0. The Bertz CT molecular complexity index is 1060. The van der Waals surface area contributed by atoms with Gasteiger partial charge in [0.05, 0.1) is 11.4 Å². The highest BCUT2D eigenvalue weighted by Crippen LogP contribution is 2.24. The van der Waals surface area contributed by atoms with Gasteiger partial charge in [0.2, 0.25) is 10.0 Å². The molecule has 6 nitrogen and oxygen atoms in total. The molecule has 0 fully saturated rings. The van der Waals surface area contributed by atoms with Crippen molar-refractivity contribution in [3.8, 4) is 0 Å². The van der Waals surface area contributed by atoms with Crippen LogP contribution in [-0.4, -0.2) is 36.2 Å². The van der Waals surface area contributed by atoms with Crippen LogP contribution in [-0.2, 0) is 16.6 Å². The van der Waals surface area contributed by atoms with E-state index < -0.39 is 10.0 Å². The molecule has 0 aliphatic carbocycles. The average Bonchev–Trinajstić information content (AvgIpc) is 2.60. The highest BCUT2D eigenvalue weighted by atomic mass is 32.2. The quantitative estimate of drug-likeness (QED) is 0.665. The van der Waals surface area contributed by atoms with Crippen molar-refractivity contribution in [1.82, 2.24) is 8.87 Å². The summed E-state index contributed by atoms with van der Waals surface area (Å²) in [7, 11) is -3.66. The van der Waals surface area contributed by atoms with Crippen molar-refractivity contribution in [3.05, 3.63) is 62.6 Å². The maximum Gasteiger partial charge on any atom is 0.250 e. The molecular formula is C21H28N2O4S. The van der Waals surface area contributed by atoms with Gasteiger partial charge in [-0.2, -0.15) is 4.31 Å². The van der Waals surface area contributed by atoms with E-state index in [0.29, 0.717) is 18.7 Å². The van der Waals surface area contributed by atoms with E-state index in [0.717, 1.165) is 22.3 Å². The summed E-state index contributed by atoms with van der Waals surface area (Å²) in [5.41, 5.74) is 3.91. The Kier molecular flexibility index (Phi) is 6.62. The van der Waals surface area contributed by atoms with Crippen molar-refractivity contribution in [1.29, 1.82) is 0 Å². The summed E-state index contributed by atoms with van der Waals surface area (Å²) >= 11 is 0. The summed E-state index contributed by atoms with van der Waals surface area (Å²) in [4.78, 5) is 24.5. The Labute approximate surface area is 166 Å². The third kappa shape index (κ3) is 4.10. The minimum atomic E-state index is -3.66. The predicted molar refractivity (Wildman–Crippen MR) is 111 cm³/mol. The number of nitrogens with zero attached hydrogens (tertiary/aromatic N) is 2. The second kappa shape index (κ2) is 8.41. The molecule has 0 unspecified atom stereocenters. The Balaban J connectivity index is 2.59. The third-order valence-corrected chi connectivity index (χ3v) is 7.14. The van der Waals surface area contributed by atoms with E-state index in [1.165, 1.54) is 34.1 Å². The SMILES string of the molecule is CCN(CC)S(=O)(=O)c1ccc(=O)n(Cc2c(C)cc(C)c(C(C)=O)c2C)c1. The molecule has 2 aromatic rings. The number of aryl methyl sites for hydroxylation is 2. The first-order chi connectivity index (χ1) is 13.0. The summed E-state index contributed by atoms with van der Waals surface area (Å²) < 4.78 is 28.3. The van der Waals surface area contributed by atoms with Crippen LogP contribution in [0.5, 0.6) is 0 Å². The zero-order chi connectivity index (χ0) is 21.2. The van der Waals surface area contributed by atoms with Crippen molar-refractivity contribution in [2.24, 2.45) is 0 Å². The third-order valence-electron chi connectivity index (χ3n) is 5.11. The lowest BCUT2D eigenvalue weighted by Crippen LogP contribution is -2.32. The van der Waals surface area contributed by atoms with Crippen LogP contribution in [0.2, 0.25) is 0 Å². The van der Waals surface area contributed by atoms with E-state index in [9.17, 15) is 18.0 Å². The molecule has 1 heterocycles. The zero-order valence-electron chi connectivity index (χ0n) is 17.4. The molecule has 0 atom stereocenters. The van der Waals surface area contributed by atoms with Gasteiger partial charge in [-0.25, -0.2) is 8.42 Å². The van der Waals surface area contributed by atoms with Crippen molar-refractivity contribution >= 4 is 15.8 Å². The number of carbonyl (C=O) groups is 1. The van der Waals surface area contributed by atoms with Crippen molar-refractivity contribution in [2.45, 2.75) is 53.0 Å². The van der Waals surface area contributed by atoms with Crippen LogP contribution in [0, 0.1) is 20.8 Å². The summed E-state index contributed by atoms with van der Waals surface area (Å²) in [5.74, 6) is -0.0264. The summed E-state index contributed by atoms with van der Waals surface area (Å²) in [6, 6.07) is 4.56. The number of aromatic nitrogens is 1. The lowest BCUT2D eigenvalue weighted by molar-refractivity contribution is 0.101. The molecule has 1 aromatic carbocycles.